The predicted octanol–water partition coefficient (Wildman–Crippen LogP) is 4.75. The van der Waals surface area contributed by atoms with Crippen LogP contribution in [-0.2, 0) is 6.42 Å². The molecule has 0 saturated carbocycles. The molecule has 0 amide bonds. The molecule has 0 aliphatic carbocycles. The highest BCUT2D eigenvalue weighted by Gasteiger charge is 2.30. The molecule has 1 fully saturated rings. The molecule has 1 aromatic carbocycles. The van der Waals surface area contributed by atoms with Gasteiger partial charge in [-0.15, -0.1) is 0 Å². The number of hydrogen-bond acceptors (Lipinski definition) is 3. The monoisotopic (exact) mass is 349 g/mol. The molecule has 112 valence electrons. The summed E-state index contributed by atoms with van der Waals surface area (Å²) in [5.74, 6) is 1.19. The van der Waals surface area contributed by atoms with Crippen molar-refractivity contribution in [1.82, 2.24) is 5.32 Å². The fourth-order valence-corrected chi connectivity index (χ4v) is 5.93. The fraction of sp³-hybridized carbons (Fsp3) is 0.600. The summed E-state index contributed by atoms with van der Waals surface area (Å²) < 4.78 is 0. The van der Waals surface area contributed by atoms with E-state index in [0.717, 1.165) is 27.3 Å². The highest BCUT2D eigenvalue weighted by Crippen LogP contribution is 2.38. The van der Waals surface area contributed by atoms with E-state index >= 15 is 0 Å². The lowest BCUT2D eigenvalue weighted by molar-refractivity contribution is 0.554. The molecule has 0 spiro atoms. The quantitative estimate of drug-likeness (QED) is 0.842. The lowest BCUT2D eigenvalue weighted by atomic mass is 10.0. The van der Waals surface area contributed by atoms with E-state index in [1.165, 1.54) is 5.75 Å². The van der Waals surface area contributed by atoms with Gasteiger partial charge in [0.15, 0.2) is 0 Å². The van der Waals surface area contributed by atoms with Crippen LogP contribution >= 0.6 is 46.7 Å². The topological polar surface area (TPSA) is 12.0 Å². The Morgan fingerprint density at radius 3 is 2.70 bits per heavy atom. The van der Waals surface area contributed by atoms with Crippen LogP contribution in [0.15, 0.2) is 18.2 Å². The minimum absolute atomic E-state index is 0.429. The second-order valence-corrected chi connectivity index (χ2v) is 9.13. The van der Waals surface area contributed by atoms with Gasteiger partial charge in [0.2, 0.25) is 0 Å². The number of hydrogen-bond donors (Lipinski definition) is 1. The second kappa shape index (κ2) is 7.64. The van der Waals surface area contributed by atoms with Gasteiger partial charge < -0.3 is 5.32 Å². The first-order valence-corrected chi connectivity index (χ1v) is 9.64. The van der Waals surface area contributed by atoms with Gasteiger partial charge in [0.1, 0.15) is 0 Å². The summed E-state index contributed by atoms with van der Waals surface area (Å²) in [5, 5.41) is 7.09. The van der Waals surface area contributed by atoms with E-state index in [0.29, 0.717) is 16.5 Å². The van der Waals surface area contributed by atoms with Crippen molar-refractivity contribution in [2.45, 2.75) is 42.1 Å². The van der Waals surface area contributed by atoms with Crippen molar-refractivity contribution in [3.05, 3.63) is 33.8 Å². The van der Waals surface area contributed by atoms with Gasteiger partial charge in [-0.3, -0.25) is 0 Å². The van der Waals surface area contributed by atoms with Crippen LogP contribution < -0.4 is 5.32 Å². The van der Waals surface area contributed by atoms with Crippen molar-refractivity contribution >= 4 is 46.7 Å². The third-order valence-corrected chi connectivity index (χ3v) is 8.00. The first-order valence-electron chi connectivity index (χ1n) is 6.89. The number of thioether (sulfide) groups is 2. The molecule has 1 nitrogen and oxygen atoms in total. The number of halogens is 2. The Kier molecular flexibility index (Phi) is 6.43. The van der Waals surface area contributed by atoms with Crippen molar-refractivity contribution < 1.29 is 0 Å². The molecule has 1 N–H and O–H groups in total. The molecule has 0 radical (unpaired) electrons. The zero-order valence-electron chi connectivity index (χ0n) is 12.0. The van der Waals surface area contributed by atoms with Crippen LogP contribution in [0.25, 0.3) is 0 Å². The maximum absolute atomic E-state index is 6.29. The molecular weight excluding hydrogens is 329 g/mol. The van der Waals surface area contributed by atoms with Crippen LogP contribution in [-0.4, -0.2) is 34.6 Å². The number of rotatable bonds is 4. The molecule has 1 aromatic rings. The van der Waals surface area contributed by atoms with Crippen LogP contribution in [0.3, 0.4) is 0 Å². The van der Waals surface area contributed by atoms with E-state index in [9.17, 15) is 0 Å². The summed E-state index contributed by atoms with van der Waals surface area (Å²) in [5.41, 5.74) is 1.13. The average molecular weight is 350 g/mol. The van der Waals surface area contributed by atoms with Gasteiger partial charge in [0, 0.05) is 37.6 Å². The molecule has 0 aromatic heterocycles. The Balaban J connectivity index is 2.07. The molecule has 1 saturated heterocycles. The van der Waals surface area contributed by atoms with Gasteiger partial charge in [-0.2, -0.15) is 23.5 Å². The largest absolute Gasteiger partial charge is 0.316 e. The van der Waals surface area contributed by atoms with Gasteiger partial charge in [-0.25, -0.2) is 0 Å². The Morgan fingerprint density at radius 1 is 1.30 bits per heavy atom. The Labute approximate surface area is 140 Å². The molecule has 1 aliphatic heterocycles. The van der Waals surface area contributed by atoms with E-state index < -0.39 is 0 Å². The molecule has 2 rings (SSSR count). The van der Waals surface area contributed by atoms with Crippen LogP contribution in [0.2, 0.25) is 10.0 Å². The van der Waals surface area contributed by atoms with Crippen molar-refractivity contribution in [1.29, 1.82) is 0 Å². The average Bonchev–Trinajstić information content (AvgIpc) is 2.43. The van der Waals surface area contributed by atoms with E-state index in [1.54, 1.807) is 0 Å². The third kappa shape index (κ3) is 4.23. The lowest BCUT2D eigenvalue weighted by Gasteiger charge is -2.36. The van der Waals surface area contributed by atoms with Crippen LogP contribution in [0.4, 0.5) is 0 Å². The first-order chi connectivity index (χ1) is 9.51. The number of likely N-dealkylation sites (N-methyl/N-ethyl adjacent to an activating group) is 1. The van der Waals surface area contributed by atoms with E-state index in [4.69, 9.17) is 23.2 Å². The summed E-state index contributed by atoms with van der Waals surface area (Å²) in [6.45, 7) is 4.65. The van der Waals surface area contributed by atoms with Crippen LogP contribution in [0, 0.1) is 0 Å². The lowest BCUT2D eigenvalue weighted by Crippen LogP contribution is -2.43. The molecule has 4 atom stereocenters. The van der Waals surface area contributed by atoms with Gasteiger partial charge in [0.05, 0.1) is 0 Å². The zero-order valence-corrected chi connectivity index (χ0v) is 15.2. The molecule has 5 heteroatoms. The van der Waals surface area contributed by atoms with Crippen LogP contribution in [0.5, 0.6) is 0 Å². The molecule has 4 unspecified atom stereocenters. The second-order valence-electron chi connectivity index (χ2n) is 5.25. The minimum Gasteiger partial charge on any atom is -0.316 e. The van der Waals surface area contributed by atoms with Crippen molar-refractivity contribution in [2.24, 2.45) is 0 Å². The molecule has 1 aliphatic rings. The Hall–Kier alpha value is 0.460. The Bertz CT molecular complexity index is 455. The van der Waals surface area contributed by atoms with Crippen molar-refractivity contribution in [3.63, 3.8) is 0 Å². The van der Waals surface area contributed by atoms with Crippen LogP contribution in [0.1, 0.15) is 19.4 Å². The highest BCUT2D eigenvalue weighted by molar-refractivity contribution is 8.07. The zero-order chi connectivity index (χ0) is 14.7. The summed E-state index contributed by atoms with van der Waals surface area (Å²) >= 11 is 16.5. The maximum atomic E-state index is 6.29. The van der Waals surface area contributed by atoms with Gasteiger partial charge in [-0.1, -0.05) is 37.0 Å². The SMILES string of the molecule is CNC(Cc1cc(Cl)ccc1Cl)C1CSC(C)C(C)S1. The molecular formula is C15H21Cl2NS2. The fourth-order valence-electron chi connectivity index (χ4n) is 2.37. The summed E-state index contributed by atoms with van der Waals surface area (Å²) in [7, 11) is 2.04. The number of nitrogens with one attached hydrogen (secondary N) is 1. The highest BCUT2D eigenvalue weighted by atomic mass is 35.5. The molecule has 1 heterocycles. The number of benzene rings is 1. The predicted molar refractivity (Wildman–Crippen MR) is 95.8 cm³/mol. The van der Waals surface area contributed by atoms with Crippen molar-refractivity contribution in [3.8, 4) is 0 Å². The van der Waals surface area contributed by atoms with Gasteiger partial charge >= 0.3 is 0 Å². The molecule has 20 heavy (non-hydrogen) atoms. The Morgan fingerprint density at radius 2 is 2.05 bits per heavy atom. The third-order valence-electron chi connectivity index (χ3n) is 3.84. The van der Waals surface area contributed by atoms with E-state index in [1.807, 2.05) is 25.2 Å². The van der Waals surface area contributed by atoms with Gasteiger partial charge in [-0.05, 0) is 37.2 Å². The summed E-state index contributed by atoms with van der Waals surface area (Å²) in [6.07, 6.45) is 0.926. The van der Waals surface area contributed by atoms with E-state index in [-0.39, 0.29) is 0 Å². The first kappa shape index (κ1) is 16.8. The summed E-state index contributed by atoms with van der Waals surface area (Å²) in [4.78, 5) is 0. The summed E-state index contributed by atoms with van der Waals surface area (Å²) in [6, 6.07) is 6.15. The normalized spacial score (nSPS) is 28.4. The molecule has 0 bridgehead atoms. The van der Waals surface area contributed by atoms with Gasteiger partial charge in [0.25, 0.3) is 0 Å². The minimum atomic E-state index is 0.429. The van der Waals surface area contributed by atoms with E-state index in [2.05, 4.69) is 42.7 Å². The standard InChI is InChI=1S/C15H21Cl2NS2/c1-9-10(2)20-15(8-19-9)14(18-3)7-11-6-12(16)4-5-13(11)17/h4-6,9-10,14-15,18H,7-8H2,1-3H3. The maximum Gasteiger partial charge on any atom is 0.0439 e. The smallest absolute Gasteiger partial charge is 0.0439 e. The van der Waals surface area contributed by atoms with Crippen molar-refractivity contribution in [2.75, 3.05) is 12.8 Å².